The minimum absolute atomic E-state index is 0.0338. The average Bonchev–Trinajstić information content (AvgIpc) is 2.80. The Morgan fingerprint density at radius 3 is 2.73 bits per heavy atom. The van der Waals surface area contributed by atoms with Crippen molar-refractivity contribution >= 4 is 5.91 Å². The molecule has 1 saturated heterocycles. The van der Waals surface area contributed by atoms with Crippen LogP contribution in [0.2, 0.25) is 0 Å². The number of hydrogen-bond donors (Lipinski definition) is 0. The summed E-state index contributed by atoms with van der Waals surface area (Å²) >= 11 is 0. The Balaban J connectivity index is 1.48. The Labute approximate surface area is 173 Å². The first-order valence-electron chi connectivity index (χ1n) is 9.92. The summed E-state index contributed by atoms with van der Waals surface area (Å²) in [5.41, 5.74) is 3.32. The van der Waals surface area contributed by atoms with Crippen molar-refractivity contribution < 1.29 is 4.79 Å². The fourth-order valence-corrected chi connectivity index (χ4v) is 4.68. The molecular formula is C23H19N5O2. The molecule has 1 fully saturated rings. The maximum atomic E-state index is 13.3. The van der Waals surface area contributed by atoms with E-state index < -0.39 is 0 Å². The first-order chi connectivity index (χ1) is 14.6. The summed E-state index contributed by atoms with van der Waals surface area (Å²) in [6, 6.07) is 13.1. The van der Waals surface area contributed by atoms with Crippen molar-refractivity contribution in [3.8, 4) is 17.2 Å². The lowest BCUT2D eigenvalue weighted by Gasteiger charge is -2.42. The molecule has 2 atom stereocenters. The summed E-state index contributed by atoms with van der Waals surface area (Å²) in [6.45, 7) is 1.78. The van der Waals surface area contributed by atoms with Crippen LogP contribution in [0.25, 0.3) is 11.1 Å². The molecule has 2 aliphatic heterocycles. The summed E-state index contributed by atoms with van der Waals surface area (Å²) < 4.78 is 1.86. The van der Waals surface area contributed by atoms with Gasteiger partial charge in [0.25, 0.3) is 11.5 Å². The lowest BCUT2D eigenvalue weighted by Crippen LogP contribution is -2.49. The van der Waals surface area contributed by atoms with E-state index >= 15 is 0 Å². The van der Waals surface area contributed by atoms with Gasteiger partial charge in [-0.2, -0.15) is 5.26 Å². The first kappa shape index (κ1) is 18.3. The summed E-state index contributed by atoms with van der Waals surface area (Å²) in [6.07, 6.45) is 5.46. The van der Waals surface area contributed by atoms with Gasteiger partial charge in [-0.1, -0.05) is 12.1 Å². The summed E-state index contributed by atoms with van der Waals surface area (Å²) in [4.78, 5) is 35.9. The predicted molar refractivity (Wildman–Crippen MR) is 110 cm³/mol. The summed E-state index contributed by atoms with van der Waals surface area (Å²) in [5, 5.41) is 9.16. The van der Waals surface area contributed by atoms with Gasteiger partial charge >= 0.3 is 0 Å². The lowest BCUT2D eigenvalue weighted by molar-refractivity contribution is 0.0594. The van der Waals surface area contributed by atoms with Crippen LogP contribution in [0.3, 0.4) is 0 Å². The third-order valence-corrected chi connectivity index (χ3v) is 6.00. The molecular weight excluding hydrogens is 378 g/mol. The quantitative estimate of drug-likeness (QED) is 0.662. The van der Waals surface area contributed by atoms with Crippen LogP contribution in [-0.2, 0) is 6.54 Å². The zero-order chi connectivity index (χ0) is 20.7. The van der Waals surface area contributed by atoms with E-state index in [2.05, 4.69) is 16.0 Å². The SMILES string of the molecule is N#Cc1cccc(-c2ccc3n(c2=O)C[C@H]2C[C@@H]3CN(C(=O)c3cncnc3)C2)c1. The van der Waals surface area contributed by atoms with E-state index in [1.807, 2.05) is 27.7 Å². The number of carbonyl (C=O) groups is 1. The van der Waals surface area contributed by atoms with Crippen LogP contribution in [-0.4, -0.2) is 38.4 Å². The number of likely N-dealkylation sites (tertiary alicyclic amines) is 1. The number of aromatic nitrogens is 3. The molecule has 7 nitrogen and oxygen atoms in total. The third kappa shape index (κ3) is 3.07. The molecule has 0 radical (unpaired) electrons. The van der Waals surface area contributed by atoms with E-state index in [1.165, 1.54) is 6.33 Å². The number of pyridine rings is 1. The van der Waals surface area contributed by atoms with Gasteiger partial charge in [0.05, 0.1) is 17.2 Å². The largest absolute Gasteiger partial charge is 0.338 e. The molecule has 3 aromatic rings. The number of carbonyl (C=O) groups excluding carboxylic acids is 1. The Hall–Kier alpha value is -3.79. The van der Waals surface area contributed by atoms with Crippen molar-refractivity contribution in [2.45, 2.75) is 18.9 Å². The molecule has 0 spiro atoms. The highest BCUT2D eigenvalue weighted by atomic mass is 16.2. The van der Waals surface area contributed by atoms with Crippen LogP contribution >= 0.6 is 0 Å². The van der Waals surface area contributed by atoms with Gasteiger partial charge in [0, 0.05) is 49.2 Å². The fraction of sp³-hybridized carbons (Fsp3) is 0.261. The van der Waals surface area contributed by atoms with Crippen LogP contribution in [0.5, 0.6) is 0 Å². The first-order valence-corrected chi connectivity index (χ1v) is 9.92. The minimum Gasteiger partial charge on any atom is -0.338 e. The standard InChI is InChI=1S/C23H19N5O2/c24-8-15-2-1-3-17(6-15)20-4-5-21-18-7-16(12-28(21)23(20)30)11-27(13-18)22(29)19-9-25-14-26-10-19/h1-6,9-10,14,16,18H,7,11-13H2/t16-,18+/m0/s1. The second kappa shape index (κ2) is 7.23. The number of nitriles is 1. The Morgan fingerprint density at radius 2 is 1.93 bits per heavy atom. The zero-order valence-corrected chi connectivity index (χ0v) is 16.2. The van der Waals surface area contributed by atoms with Gasteiger partial charge in [-0.3, -0.25) is 9.59 Å². The van der Waals surface area contributed by atoms with E-state index in [1.54, 1.807) is 30.6 Å². The zero-order valence-electron chi connectivity index (χ0n) is 16.2. The smallest absolute Gasteiger partial charge is 0.258 e. The highest BCUT2D eigenvalue weighted by Gasteiger charge is 2.37. The second-order valence-electron chi connectivity index (χ2n) is 7.92. The van der Waals surface area contributed by atoms with Crippen molar-refractivity contribution in [1.82, 2.24) is 19.4 Å². The topological polar surface area (TPSA) is 91.9 Å². The molecule has 0 N–H and O–H groups in total. The minimum atomic E-state index is -0.0639. The van der Waals surface area contributed by atoms with Crippen molar-refractivity contribution in [2.75, 3.05) is 13.1 Å². The van der Waals surface area contributed by atoms with Gasteiger partial charge in [-0.05, 0) is 42.2 Å². The van der Waals surface area contributed by atoms with Crippen LogP contribution in [0.1, 0.15) is 34.0 Å². The Morgan fingerprint density at radius 1 is 1.10 bits per heavy atom. The van der Waals surface area contributed by atoms with Crippen LogP contribution in [0, 0.1) is 17.2 Å². The molecule has 0 aliphatic carbocycles. The predicted octanol–water partition coefficient (Wildman–Crippen LogP) is 2.44. The molecule has 1 aromatic carbocycles. The van der Waals surface area contributed by atoms with Crippen LogP contribution in [0.15, 0.2) is 59.9 Å². The number of benzene rings is 1. The molecule has 0 saturated carbocycles. The van der Waals surface area contributed by atoms with Crippen LogP contribution < -0.4 is 5.56 Å². The molecule has 148 valence electrons. The molecule has 5 rings (SSSR count). The molecule has 7 heteroatoms. The monoisotopic (exact) mass is 397 g/mol. The average molecular weight is 397 g/mol. The second-order valence-corrected chi connectivity index (χ2v) is 7.92. The summed E-state index contributed by atoms with van der Waals surface area (Å²) in [5.74, 6) is 0.285. The number of nitrogens with zero attached hydrogens (tertiary/aromatic N) is 5. The van der Waals surface area contributed by atoms with Gasteiger partial charge in [0.2, 0.25) is 0 Å². The van der Waals surface area contributed by atoms with Crippen molar-refractivity contribution in [2.24, 2.45) is 5.92 Å². The van der Waals surface area contributed by atoms with E-state index in [0.29, 0.717) is 36.3 Å². The molecule has 0 unspecified atom stereocenters. The molecule has 4 heterocycles. The van der Waals surface area contributed by atoms with E-state index in [9.17, 15) is 9.59 Å². The van der Waals surface area contributed by atoms with E-state index in [4.69, 9.17) is 5.26 Å². The molecule has 30 heavy (non-hydrogen) atoms. The van der Waals surface area contributed by atoms with Gasteiger partial charge < -0.3 is 9.47 Å². The fourth-order valence-electron chi connectivity index (χ4n) is 4.68. The number of rotatable bonds is 2. The number of fused-ring (bicyclic) bond motifs is 4. The van der Waals surface area contributed by atoms with Gasteiger partial charge in [0.15, 0.2) is 0 Å². The highest BCUT2D eigenvalue weighted by molar-refractivity contribution is 5.93. The van der Waals surface area contributed by atoms with Crippen molar-refractivity contribution in [3.63, 3.8) is 0 Å². The molecule has 2 aliphatic rings. The van der Waals surface area contributed by atoms with Gasteiger partial charge in [-0.15, -0.1) is 0 Å². The summed E-state index contributed by atoms with van der Waals surface area (Å²) in [7, 11) is 0. The van der Waals surface area contributed by atoms with Gasteiger partial charge in [-0.25, -0.2) is 9.97 Å². The van der Waals surface area contributed by atoms with Crippen molar-refractivity contribution in [3.05, 3.63) is 82.3 Å². The molecule has 2 aromatic heterocycles. The lowest BCUT2D eigenvalue weighted by atomic mass is 9.82. The molecule has 1 amide bonds. The van der Waals surface area contributed by atoms with Crippen molar-refractivity contribution in [1.29, 1.82) is 5.26 Å². The normalized spacial score (nSPS) is 19.6. The molecule has 2 bridgehead atoms. The Bertz CT molecular complexity index is 1230. The number of amides is 1. The van der Waals surface area contributed by atoms with E-state index in [0.717, 1.165) is 17.7 Å². The highest BCUT2D eigenvalue weighted by Crippen LogP contribution is 2.36. The number of hydrogen-bond acceptors (Lipinski definition) is 5. The maximum absolute atomic E-state index is 13.3. The number of piperidine rings is 1. The Kier molecular flexibility index (Phi) is 4.40. The van der Waals surface area contributed by atoms with Crippen LogP contribution in [0.4, 0.5) is 0 Å². The maximum Gasteiger partial charge on any atom is 0.258 e. The van der Waals surface area contributed by atoms with E-state index in [-0.39, 0.29) is 23.3 Å². The van der Waals surface area contributed by atoms with Gasteiger partial charge in [0.1, 0.15) is 6.33 Å². The third-order valence-electron chi connectivity index (χ3n) is 6.00.